The number of amides is 1. The molecule has 0 aromatic carbocycles. The van der Waals surface area contributed by atoms with Gasteiger partial charge in [-0.2, -0.15) is 0 Å². The highest BCUT2D eigenvalue weighted by atomic mass is 28.3. The third-order valence-electron chi connectivity index (χ3n) is 7.85. The molecule has 1 aliphatic heterocycles. The second-order valence-corrected chi connectivity index (χ2v) is 18.0. The van der Waals surface area contributed by atoms with Gasteiger partial charge in [0.05, 0.1) is 14.7 Å². The molecule has 6 nitrogen and oxygen atoms in total. The summed E-state index contributed by atoms with van der Waals surface area (Å²) < 4.78 is 17.1. The summed E-state index contributed by atoms with van der Waals surface area (Å²) in [5.41, 5.74) is -0.660. The van der Waals surface area contributed by atoms with E-state index in [1.54, 1.807) is 18.9 Å². The number of rotatable bonds is 5. The standard InChI is InChI=1S/C24H45NO5Si/c1-12-29-20(26)18-16-13-14-24(8,15-31(10,11)23(5,6)7)17(16)19(28-9)25(18)21(27)30-22(2,3)4/h16-19H,12-15H2,1-11H3/t16-,17+,18-,19-,24-/m0/s1. The van der Waals surface area contributed by atoms with Crippen LogP contribution in [-0.4, -0.2) is 56.6 Å². The van der Waals surface area contributed by atoms with Gasteiger partial charge in [0.1, 0.15) is 17.9 Å². The van der Waals surface area contributed by atoms with Crippen molar-refractivity contribution in [1.82, 2.24) is 4.90 Å². The normalized spacial score (nSPS) is 31.5. The molecule has 0 bridgehead atoms. The molecule has 0 spiro atoms. The van der Waals surface area contributed by atoms with Crippen molar-refractivity contribution in [3.05, 3.63) is 0 Å². The average Bonchev–Trinajstić information content (AvgIpc) is 3.07. The van der Waals surface area contributed by atoms with E-state index in [1.165, 1.54) is 0 Å². The number of methoxy groups -OCH3 is 1. The van der Waals surface area contributed by atoms with Crippen molar-refractivity contribution in [2.45, 2.75) is 110 Å². The number of nitrogens with zero attached hydrogens (tertiary/aromatic N) is 1. The van der Waals surface area contributed by atoms with Crippen molar-refractivity contribution in [3.63, 3.8) is 0 Å². The largest absolute Gasteiger partial charge is 0.464 e. The Bertz CT molecular complexity index is 680. The minimum absolute atomic E-state index is 0.00411. The van der Waals surface area contributed by atoms with Gasteiger partial charge in [-0.15, -0.1) is 0 Å². The molecule has 0 unspecified atom stereocenters. The molecule has 180 valence electrons. The van der Waals surface area contributed by atoms with E-state index < -0.39 is 32.0 Å². The highest BCUT2D eigenvalue weighted by molar-refractivity contribution is 6.80. The Morgan fingerprint density at radius 2 is 1.71 bits per heavy atom. The second-order valence-electron chi connectivity index (χ2n) is 12.4. The third kappa shape index (κ3) is 5.13. The molecule has 7 heteroatoms. The molecule has 5 atom stereocenters. The van der Waals surface area contributed by atoms with Crippen LogP contribution in [0.5, 0.6) is 0 Å². The number of carbonyl (C=O) groups is 2. The Kier molecular flexibility index (Phi) is 7.34. The van der Waals surface area contributed by atoms with E-state index >= 15 is 0 Å². The maximum Gasteiger partial charge on any atom is 0.413 e. The number of fused-ring (bicyclic) bond motifs is 1. The molecule has 0 aromatic rings. The zero-order valence-electron chi connectivity index (χ0n) is 21.6. The molecule has 1 amide bonds. The third-order valence-corrected chi connectivity index (χ3v) is 13.6. The van der Waals surface area contributed by atoms with E-state index in [4.69, 9.17) is 14.2 Å². The lowest BCUT2D eigenvalue weighted by atomic mass is 9.78. The first kappa shape index (κ1) is 26.2. The summed E-state index contributed by atoms with van der Waals surface area (Å²) >= 11 is 0. The smallest absolute Gasteiger partial charge is 0.413 e. The molecule has 1 aliphatic carbocycles. The summed E-state index contributed by atoms with van der Waals surface area (Å²) in [5, 5.41) is 0.265. The predicted octanol–water partition coefficient (Wildman–Crippen LogP) is 5.68. The molecule has 0 aromatic heterocycles. The Morgan fingerprint density at radius 1 is 1.13 bits per heavy atom. The second kappa shape index (κ2) is 8.69. The maximum atomic E-state index is 13.3. The highest BCUT2D eigenvalue weighted by Crippen LogP contribution is 2.61. The zero-order chi connectivity index (χ0) is 24.0. The average molecular weight is 456 g/mol. The Labute approximate surface area is 190 Å². The van der Waals surface area contributed by atoms with Gasteiger partial charge < -0.3 is 14.2 Å². The number of ether oxygens (including phenoxy) is 3. The van der Waals surface area contributed by atoms with E-state index in [0.717, 1.165) is 18.9 Å². The number of hydrogen-bond donors (Lipinski definition) is 0. The van der Waals surface area contributed by atoms with Crippen LogP contribution in [0.15, 0.2) is 0 Å². The number of hydrogen-bond acceptors (Lipinski definition) is 5. The Balaban J connectivity index is 2.48. The molecular weight excluding hydrogens is 410 g/mol. The van der Waals surface area contributed by atoms with Crippen LogP contribution in [0, 0.1) is 17.3 Å². The van der Waals surface area contributed by atoms with Gasteiger partial charge in [-0.1, -0.05) is 46.8 Å². The molecule has 2 rings (SSSR count). The molecule has 1 saturated carbocycles. The van der Waals surface area contributed by atoms with Crippen LogP contribution in [0.2, 0.25) is 24.2 Å². The fraction of sp³-hybridized carbons (Fsp3) is 0.917. The van der Waals surface area contributed by atoms with Crippen LogP contribution < -0.4 is 0 Å². The topological polar surface area (TPSA) is 65.1 Å². The predicted molar refractivity (Wildman–Crippen MR) is 126 cm³/mol. The lowest BCUT2D eigenvalue weighted by Crippen LogP contribution is -2.51. The van der Waals surface area contributed by atoms with Crippen molar-refractivity contribution >= 4 is 20.1 Å². The van der Waals surface area contributed by atoms with Gasteiger partial charge in [0.2, 0.25) is 0 Å². The van der Waals surface area contributed by atoms with Gasteiger partial charge in [0.25, 0.3) is 0 Å². The van der Waals surface area contributed by atoms with Crippen molar-refractivity contribution in [2.75, 3.05) is 13.7 Å². The molecule has 1 saturated heterocycles. The van der Waals surface area contributed by atoms with Crippen LogP contribution in [0.1, 0.15) is 68.2 Å². The molecule has 2 fully saturated rings. The minimum atomic E-state index is -1.60. The van der Waals surface area contributed by atoms with Gasteiger partial charge in [-0.05, 0) is 56.9 Å². The number of esters is 1. The summed E-state index contributed by atoms with van der Waals surface area (Å²) in [6.45, 7) is 21.9. The first-order valence-electron chi connectivity index (χ1n) is 11.7. The lowest BCUT2D eigenvalue weighted by Gasteiger charge is -2.46. The zero-order valence-corrected chi connectivity index (χ0v) is 22.6. The maximum absolute atomic E-state index is 13.3. The van der Waals surface area contributed by atoms with Crippen LogP contribution >= 0.6 is 0 Å². The molecule has 0 radical (unpaired) electrons. The molecule has 31 heavy (non-hydrogen) atoms. The van der Waals surface area contributed by atoms with Crippen molar-refractivity contribution in [3.8, 4) is 0 Å². The Morgan fingerprint density at radius 3 is 2.16 bits per heavy atom. The summed E-state index contributed by atoms with van der Waals surface area (Å²) in [6, 6.07) is 0.466. The van der Waals surface area contributed by atoms with Crippen LogP contribution in [-0.2, 0) is 19.0 Å². The number of likely N-dealkylation sites (tertiary alicyclic amines) is 1. The van der Waals surface area contributed by atoms with Gasteiger partial charge in [0.15, 0.2) is 0 Å². The first-order valence-corrected chi connectivity index (χ1v) is 14.9. The minimum Gasteiger partial charge on any atom is -0.464 e. The van der Waals surface area contributed by atoms with E-state index in [2.05, 4.69) is 40.8 Å². The molecule has 2 aliphatic rings. The first-order chi connectivity index (χ1) is 14.0. The monoisotopic (exact) mass is 455 g/mol. The van der Waals surface area contributed by atoms with E-state index in [-0.39, 0.29) is 34.9 Å². The van der Waals surface area contributed by atoms with Crippen molar-refractivity contribution < 1.29 is 23.8 Å². The summed E-state index contributed by atoms with van der Waals surface area (Å²) in [7, 11) is 0.0339. The van der Waals surface area contributed by atoms with E-state index in [1.807, 2.05) is 20.8 Å². The quantitative estimate of drug-likeness (QED) is 0.394. The highest BCUT2D eigenvalue weighted by Gasteiger charge is 2.64. The number of carbonyl (C=O) groups excluding carboxylic acids is 2. The van der Waals surface area contributed by atoms with E-state index in [9.17, 15) is 9.59 Å². The fourth-order valence-electron chi connectivity index (χ4n) is 5.60. The molecule has 0 N–H and O–H groups in total. The van der Waals surface area contributed by atoms with Crippen LogP contribution in [0.25, 0.3) is 0 Å². The van der Waals surface area contributed by atoms with E-state index in [0.29, 0.717) is 0 Å². The fourth-order valence-corrected chi connectivity index (χ4v) is 8.56. The van der Waals surface area contributed by atoms with Crippen LogP contribution in [0.4, 0.5) is 4.79 Å². The van der Waals surface area contributed by atoms with Gasteiger partial charge in [-0.3, -0.25) is 4.90 Å². The van der Waals surface area contributed by atoms with Gasteiger partial charge in [0, 0.05) is 13.0 Å². The van der Waals surface area contributed by atoms with Gasteiger partial charge >= 0.3 is 12.1 Å². The SMILES string of the molecule is CCOC(=O)[C@@H]1[C@H]2CC[C@@](C)(C[Si](C)(C)C(C)(C)C)[C@H]2[C@H](OC)N1C(=O)OC(C)(C)C. The molecule has 1 heterocycles. The van der Waals surface area contributed by atoms with Crippen LogP contribution in [0.3, 0.4) is 0 Å². The van der Waals surface area contributed by atoms with Gasteiger partial charge in [-0.25, -0.2) is 9.59 Å². The molecular formula is C24H45NO5Si. The summed E-state index contributed by atoms with van der Waals surface area (Å²) in [6.07, 6.45) is 0.929. The summed E-state index contributed by atoms with van der Waals surface area (Å²) in [5.74, 6) is -0.251. The van der Waals surface area contributed by atoms with Crippen molar-refractivity contribution in [1.29, 1.82) is 0 Å². The Hall–Kier alpha value is -1.08. The lowest BCUT2D eigenvalue weighted by molar-refractivity contribution is -0.152. The summed E-state index contributed by atoms with van der Waals surface area (Å²) in [4.78, 5) is 27.9. The van der Waals surface area contributed by atoms with Crippen molar-refractivity contribution in [2.24, 2.45) is 17.3 Å².